The summed E-state index contributed by atoms with van der Waals surface area (Å²) in [7, 11) is 0. The molecule has 16 heavy (non-hydrogen) atoms. The fourth-order valence-corrected chi connectivity index (χ4v) is 1.10. The molecule has 5 heteroatoms. The van der Waals surface area contributed by atoms with Crippen LogP contribution in [0.1, 0.15) is 52.4 Å². The van der Waals surface area contributed by atoms with Crippen molar-refractivity contribution in [2.45, 2.75) is 59.1 Å². The molecule has 98 valence electrons. The number of hydrogen-bond donors (Lipinski definition) is 0. The summed E-state index contributed by atoms with van der Waals surface area (Å²) in [5.41, 5.74) is 0. The Balaban J connectivity index is 0. The number of unbranched alkanes of at least 4 members (excludes halogenated alkanes) is 5. The standard InChI is InChI=1S/C10H20O2.CHF3/c1-3-4-5-6-7-8-9-12-10(2)11;2-1(3)4/h3-9H2,1-2H3;1H. The van der Waals surface area contributed by atoms with Gasteiger partial charge in [-0.3, -0.25) is 4.79 Å². The van der Waals surface area contributed by atoms with E-state index >= 15 is 0 Å². The summed E-state index contributed by atoms with van der Waals surface area (Å²) >= 11 is 0. The van der Waals surface area contributed by atoms with Gasteiger partial charge >= 0.3 is 12.6 Å². The van der Waals surface area contributed by atoms with Crippen molar-refractivity contribution < 1.29 is 22.7 Å². The lowest BCUT2D eigenvalue weighted by molar-refractivity contribution is -0.141. The molecule has 0 saturated heterocycles. The van der Waals surface area contributed by atoms with Crippen LogP contribution in [0, 0.1) is 0 Å². The Morgan fingerprint density at radius 3 is 1.94 bits per heavy atom. The summed E-state index contributed by atoms with van der Waals surface area (Å²) in [5, 5.41) is 0. The monoisotopic (exact) mass is 242 g/mol. The number of carbonyl (C=O) groups is 1. The zero-order valence-electron chi connectivity index (χ0n) is 9.98. The summed E-state index contributed by atoms with van der Waals surface area (Å²) in [6.45, 7) is 0.595. The minimum Gasteiger partial charge on any atom is -0.466 e. The molecule has 0 spiro atoms. The molecule has 0 heterocycles. The molecule has 0 unspecified atom stereocenters. The van der Waals surface area contributed by atoms with Crippen molar-refractivity contribution in [1.29, 1.82) is 0 Å². The predicted octanol–water partition coefficient (Wildman–Crippen LogP) is 4.09. The average molecular weight is 242 g/mol. The third-order valence-corrected chi connectivity index (χ3v) is 1.80. The Kier molecular flexibility index (Phi) is 15.7. The Bertz CT molecular complexity index is 149. The summed E-state index contributed by atoms with van der Waals surface area (Å²) in [4.78, 5) is 10.4. The van der Waals surface area contributed by atoms with Crippen LogP contribution in [0.15, 0.2) is 0 Å². The fourth-order valence-electron chi connectivity index (χ4n) is 1.10. The van der Waals surface area contributed by atoms with Crippen molar-refractivity contribution in [2.24, 2.45) is 0 Å². The summed E-state index contributed by atoms with van der Waals surface area (Å²) < 4.78 is 33.8. The number of carbonyl (C=O) groups excluding carboxylic acids is 1. The lowest BCUT2D eigenvalue weighted by atomic mass is 10.1. The Hall–Kier alpha value is -0.740. The lowest BCUT2D eigenvalue weighted by Crippen LogP contribution is -1.99. The quantitative estimate of drug-likeness (QED) is 0.496. The van der Waals surface area contributed by atoms with Crippen LogP contribution in [0.5, 0.6) is 0 Å². The lowest BCUT2D eigenvalue weighted by Gasteiger charge is -2.01. The molecule has 0 atom stereocenters. The molecule has 2 nitrogen and oxygen atoms in total. The molecule has 0 fully saturated rings. The Morgan fingerprint density at radius 1 is 1.06 bits per heavy atom. The molecule has 0 aromatic carbocycles. The molecule has 0 radical (unpaired) electrons. The molecule has 0 aliphatic heterocycles. The molecule has 0 aromatic rings. The van der Waals surface area contributed by atoms with Gasteiger partial charge in [0.15, 0.2) is 0 Å². The zero-order chi connectivity index (χ0) is 12.8. The molecule has 0 saturated carbocycles. The number of alkyl halides is 3. The highest BCUT2D eigenvalue weighted by Crippen LogP contribution is 2.04. The van der Waals surface area contributed by atoms with E-state index in [0.717, 1.165) is 6.42 Å². The van der Waals surface area contributed by atoms with Crippen molar-refractivity contribution in [2.75, 3.05) is 6.61 Å². The summed E-state index contributed by atoms with van der Waals surface area (Å²) in [5.74, 6) is -0.163. The van der Waals surface area contributed by atoms with Crippen molar-refractivity contribution in [1.82, 2.24) is 0 Å². The molecule has 0 aromatic heterocycles. The van der Waals surface area contributed by atoms with E-state index in [0.29, 0.717) is 6.61 Å². The first kappa shape index (κ1) is 17.6. The van der Waals surface area contributed by atoms with Crippen molar-refractivity contribution in [3.8, 4) is 0 Å². The third kappa shape index (κ3) is 29.2. The van der Waals surface area contributed by atoms with Crippen LogP contribution < -0.4 is 0 Å². The van der Waals surface area contributed by atoms with Crippen LogP contribution >= 0.6 is 0 Å². The topological polar surface area (TPSA) is 26.3 Å². The van der Waals surface area contributed by atoms with Gasteiger partial charge < -0.3 is 4.74 Å². The van der Waals surface area contributed by atoms with E-state index in [-0.39, 0.29) is 5.97 Å². The number of ether oxygens (including phenoxy) is 1. The molecule has 0 N–H and O–H groups in total. The minimum absolute atomic E-state index is 0.163. The average Bonchev–Trinajstić information content (AvgIpc) is 2.15. The van der Waals surface area contributed by atoms with Crippen molar-refractivity contribution in [3.05, 3.63) is 0 Å². The van der Waals surface area contributed by atoms with Gasteiger partial charge in [-0.25, -0.2) is 0 Å². The van der Waals surface area contributed by atoms with E-state index in [1.165, 1.54) is 39.0 Å². The molecule has 0 amide bonds. The highest BCUT2D eigenvalue weighted by atomic mass is 19.4. The first-order valence-corrected chi connectivity index (χ1v) is 5.56. The van der Waals surface area contributed by atoms with E-state index in [1.54, 1.807) is 0 Å². The summed E-state index contributed by atoms with van der Waals surface area (Å²) in [6, 6.07) is 0. The second-order valence-electron chi connectivity index (χ2n) is 3.36. The number of halogens is 3. The third-order valence-electron chi connectivity index (χ3n) is 1.80. The maximum atomic E-state index is 10.4. The predicted molar refractivity (Wildman–Crippen MR) is 57.1 cm³/mol. The van der Waals surface area contributed by atoms with Gasteiger partial charge in [0.25, 0.3) is 0 Å². The number of esters is 1. The van der Waals surface area contributed by atoms with Crippen LogP contribution in [-0.4, -0.2) is 19.3 Å². The fraction of sp³-hybridized carbons (Fsp3) is 0.909. The van der Waals surface area contributed by atoms with Crippen molar-refractivity contribution >= 4 is 5.97 Å². The van der Waals surface area contributed by atoms with E-state index in [1.807, 2.05) is 0 Å². The van der Waals surface area contributed by atoms with Gasteiger partial charge in [0, 0.05) is 6.92 Å². The maximum Gasteiger partial charge on any atom is 0.379 e. The van der Waals surface area contributed by atoms with E-state index in [4.69, 9.17) is 4.74 Å². The SMILES string of the molecule is CCCCCCCCOC(C)=O.FC(F)F. The van der Waals surface area contributed by atoms with E-state index < -0.39 is 6.68 Å². The zero-order valence-corrected chi connectivity index (χ0v) is 9.98. The number of rotatable bonds is 7. The maximum absolute atomic E-state index is 10.4. The number of hydrogen-bond acceptors (Lipinski definition) is 2. The van der Waals surface area contributed by atoms with Crippen LogP contribution in [0.4, 0.5) is 13.2 Å². The molecule has 0 rings (SSSR count). The van der Waals surface area contributed by atoms with Crippen molar-refractivity contribution in [3.63, 3.8) is 0 Å². The van der Waals surface area contributed by atoms with Crippen LogP contribution in [0.2, 0.25) is 0 Å². The van der Waals surface area contributed by atoms with Gasteiger partial charge in [-0.15, -0.1) is 0 Å². The minimum atomic E-state index is -3.67. The van der Waals surface area contributed by atoms with Gasteiger partial charge in [0.05, 0.1) is 6.61 Å². The van der Waals surface area contributed by atoms with Crippen LogP contribution in [0.3, 0.4) is 0 Å². The smallest absolute Gasteiger partial charge is 0.379 e. The first-order valence-electron chi connectivity index (χ1n) is 5.56. The van der Waals surface area contributed by atoms with Gasteiger partial charge in [0.1, 0.15) is 0 Å². The normalized spacial score (nSPS) is 9.62. The van der Waals surface area contributed by atoms with Gasteiger partial charge in [-0.1, -0.05) is 39.0 Å². The van der Waals surface area contributed by atoms with Crippen LogP contribution in [0.25, 0.3) is 0 Å². The molecular weight excluding hydrogens is 221 g/mol. The van der Waals surface area contributed by atoms with E-state index in [2.05, 4.69) is 6.92 Å². The van der Waals surface area contributed by atoms with Crippen LogP contribution in [-0.2, 0) is 9.53 Å². The summed E-state index contributed by atoms with van der Waals surface area (Å²) in [6.07, 6.45) is 7.40. The molecular formula is C11H21F3O2. The Morgan fingerprint density at radius 2 is 1.50 bits per heavy atom. The van der Waals surface area contributed by atoms with Gasteiger partial charge in [0.2, 0.25) is 0 Å². The van der Waals surface area contributed by atoms with Gasteiger partial charge in [-0.2, -0.15) is 13.2 Å². The molecule has 0 aliphatic rings. The van der Waals surface area contributed by atoms with E-state index in [9.17, 15) is 18.0 Å². The highest BCUT2D eigenvalue weighted by Gasteiger charge is 1.92. The largest absolute Gasteiger partial charge is 0.466 e. The second-order valence-corrected chi connectivity index (χ2v) is 3.36. The Labute approximate surface area is 95.2 Å². The highest BCUT2D eigenvalue weighted by molar-refractivity contribution is 5.65. The first-order chi connectivity index (χ1) is 7.50. The second kappa shape index (κ2) is 14.3. The molecule has 0 bridgehead atoms. The molecule has 0 aliphatic carbocycles. The van der Waals surface area contributed by atoms with Gasteiger partial charge in [-0.05, 0) is 6.42 Å².